The molecule has 1 unspecified atom stereocenters. The lowest BCUT2D eigenvalue weighted by atomic mass is 10.3. The lowest BCUT2D eigenvalue weighted by molar-refractivity contribution is 0.282. The maximum absolute atomic E-state index is 5.33. The molecule has 2 heterocycles. The van der Waals surface area contributed by atoms with Crippen LogP contribution in [-0.4, -0.2) is 41.3 Å². The van der Waals surface area contributed by atoms with E-state index in [2.05, 4.69) is 20.4 Å². The Morgan fingerprint density at radius 1 is 1.57 bits per heavy atom. The molecule has 0 bridgehead atoms. The number of nitrogens with zero attached hydrogens (tertiary/aromatic N) is 3. The summed E-state index contributed by atoms with van der Waals surface area (Å²) in [7, 11) is 2.00. The van der Waals surface area contributed by atoms with Crippen molar-refractivity contribution in [3.63, 3.8) is 0 Å². The Morgan fingerprint density at radius 3 is 3.00 bits per heavy atom. The van der Waals surface area contributed by atoms with Crippen molar-refractivity contribution < 1.29 is 4.42 Å². The topological polar surface area (TPSA) is 54.2 Å². The fraction of sp³-hybridized carbons (Fsp3) is 0.778. The van der Waals surface area contributed by atoms with Crippen LogP contribution < -0.4 is 5.32 Å². The maximum Gasteiger partial charge on any atom is 0.230 e. The number of likely N-dealkylation sites (N-methyl/N-ethyl adjacent to an activating group) is 1. The van der Waals surface area contributed by atoms with E-state index in [1.165, 1.54) is 6.42 Å². The van der Waals surface area contributed by atoms with Crippen molar-refractivity contribution in [3.05, 3.63) is 11.8 Å². The minimum Gasteiger partial charge on any atom is -0.424 e. The van der Waals surface area contributed by atoms with Gasteiger partial charge in [-0.2, -0.15) is 0 Å². The Balaban J connectivity index is 1.87. The van der Waals surface area contributed by atoms with Crippen LogP contribution in [0.2, 0.25) is 0 Å². The van der Waals surface area contributed by atoms with Crippen LogP contribution in [0.25, 0.3) is 0 Å². The number of hydrogen-bond acceptors (Lipinski definition) is 5. The molecule has 0 radical (unpaired) electrons. The van der Waals surface area contributed by atoms with Crippen molar-refractivity contribution in [1.29, 1.82) is 0 Å². The molecule has 5 heteroatoms. The van der Waals surface area contributed by atoms with E-state index in [0.29, 0.717) is 11.9 Å². The monoisotopic (exact) mass is 196 g/mol. The summed E-state index contributed by atoms with van der Waals surface area (Å²) in [6.07, 6.45) is 1.20. The zero-order valence-corrected chi connectivity index (χ0v) is 8.66. The van der Waals surface area contributed by atoms with Gasteiger partial charge in [0.2, 0.25) is 11.8 Å². The van der Waals surface area contributed by atoms with Gasteiger partial charge in [-0.3, -0.25) is 4.90 Å². The fourth-order valence-corrected chi connectivity index (χ4v) is 1.80. The summed E-state index contributed by atoms with van der Waals surface area (Å²) >= 11 is 0. The first-order chi connectivity index (χ1) is 6.78. The second-order valence-electron chi connectivity index (χ2n) is 3.72. The van der Waals surface area contributed by atoms with Gasteiger partial charge in [0, 0.05) is 26.1 Å². The van der Waals surface area contributed by atoms with E-state index in [1.54, 1.807) is 0 Å². The van der Waals surface area contributed by atoms with Gasteiger partial charge in [-0.25, -0.2) is 0 Å². The minimum absolute atomic E-state index is 0.610. The van der Waals surface area contributed by atoms with Crippen molar-refractivity contribution in [3.8, 4) is 0 Å². The highest BCUT2D eigenvalue weighted by atomic mass is 16.4. The molecule has 0 amide bonds. The third-order valence-electron chi connectivity index (χ3n) is 2.61. The third kappa shape index (κ3) is 2.10. The first-order valence-corrected chi connectivity index (χ1v) is 4.96. The molecule has 2 rings (SSSR count). The number of aromatic nitrogens is 2. The smallest absolute Gasteiger partial charge is 0.230 e. The standard InChI is InChI=1S/C9H16N4O/c1-7-11-12-9(14-7)6-13-4-3-8(5-13)10-2/h8,10H,3-6H2,1-2H3. The number of hydrogen-bond donors (Lipinski definition) is 1. The Kier molecular flexibility index (Phi) is 2.79. The van der Waals surface area contributed by atoms with Crippen molar-refractivity contribution in [2.24, 2.45) is 0 Å². The normalized spacial score (nSPS) is 23.1. The van der Waals surface area contributed by atoms with Gasteiger partial charge in [0.1, 0.15) is 0 Å². The molecule has 1 aromatic rings. The molecule has 14 heavy (non-hydrogen) atoms. The molecule has 1 fully saturated rings. The Hall–Kier alpha value is -0.940. The summed E-state index contributed by atoms with van der Waals surface area (Å²) in [6.45, 7) is 4.76. The Labute approximate surface area is 83.5 Å². The second kappa shape index (κ2) is 4.06. The van der Waals surface area contributed by atoms with Crippen LogP contribution in [0.5, 0.6) is 0 Å². The summed E-state index contributed by atoms with van der Waals surface area (Å²) in [5.74, 6) is 1.36. The highest BCUT2D eigenvalue weighted by Crippen LogP contribution is 2.12. The van der Waals surface area contributed by atoms with E-state index in [9.17, 15) is 0 Å². The van der Waals surface area contributed by atoms with Gasteiger partial charge in [0.05, 0.1) is 6.54 Å². The van der Waals surface area contributed by atoms with Crippen molar-refractivity contribution in [1.82, 2.24) is 20.4 Å². The SMILES string of the molecule is CNC1CCN(Cc2nnc(C)o2)C1. The van der Waals surface area contributed by atoms with Gasteiger partial charge in [0.25, 0.3) is 0 Å². The molecule has 0 saturated carbocycles. The average molecular weight is 196 g/mol. The van der Waals surface area contributed by atoms with Crippen molar-refractivity contribution in [2.45, 2.75) is 25.9 Å². The van der Waals surface area contributed by atoms with Crippen LogP contribution in [0.1, 0.15) is 18.2 Å². The highest BCUT2D eigenvalue weighted by molar-refractivity contribution is 4.85. The molecule has 1 saturated heterocycles. The predicted octanol–water partition coefficient (Wildman–Crippen LogP) is 0.172. The summed E-state index contributed by atoms with van der Waals surface area (Å²) < 4.78 is 5.33. The van der Waals surface area contributed by atoms with Gasteiger partial charge in [0.15, 0.2) is 0 Å². The fourth-order valence-electron chi connectivity index (χ4n) is 1.80. The first-order valence-electron chi connectivity index (χ1n) is 4.96. The van der Waals surface area contributed by atoms with E-state index in [-0.39, 0.29) is 0 Å². The van der Waals surface area contributed by atoms with E-state index in [0.717, 1.165) is 25.5 Å². The minimum atomic E-state index is 0.610. The van der Waals surface area contributed by atoms with Crippen molar-refractivity contribution >= 4 is 0 Å². The quantitative estimate of drug-likeness (QED) is 0.747. The van der Waals surface area contributed by atoms with Crippen molar-refractivity contribution in [2.75, 3.05) is 20.1 Å². The lowest BCUT2D eigenvalue weighted by Crippen LogP contribution is -2.29. The molecule has 0 spiro atoms. The summed E-state index contributed by atoms with van der Waals surface area (Å²) in [4.78, 5) is 2.33. The third-order valence-corrected chi connectivity index (χ3v) is 2.61. The number of rotatable bonds is 3. The molecule has 0 aliphatic carbocycles. The summed E-state index contributed by atoms with van der Waals surface area (Å²) in [6, 6.07) is 0.610. The molecule has 5 nitrogen and oxygen atoms in total. The molecule has 1 N–H and O–H groups in total. The maximum atomic E-state index is 5.33. The molecule has 1 aliphatic rings. The first kappa shape index (κ1) is 9.61. The lowest BCUT2D eigenvalue weighted by Gasteiger charge is -2.12. The molecule has 1 aliphatic heterocycles. The van der Waals surface area contributed by atoms with Gasteiger partial charge < -0.3 is 9.73 Å². The van der Waals surface area contributed by atoms with E-state index in [1.807, 2.05) is 14.0 Å². The summed E-state index contributed by atoms with van der Waals surface area (Å²) in [5, 5.41) is 11.1. The van der Waals surface area contributed by atoms with Gasteiger partial charge in [-0.1, -0.05) is 0 Å². The van der Waals surface area contributed by atoms with Gasteiger partial charge >= 0.3 is 0 Å². The van der Waals surface area contributed by atoms with Crippen LogP contribution in [0.4, 0.5) is 0 Å². The Bertz CT molecular complexity index is 299. The zero-order chi connectivity index (χ0) is 9.97. The molecule has 1 aromatic heterocycles. The zero-order valence-electron chi connectivity index (χ0n) is 8.66. The summed E-state index contributed by atoms with van der Waals surface area (Å²) in [5.41, 5.74) is 0. The second-order valence-corrected chi connectivity index (χ2v) is 3.72. The Morgan fingerprint density at radius 2 is 2.43 bits per heavy atom. The van der Waals surface area contributed by atoms with Crippen LogP contribution in [0.15, 0.2) is 4.42 Å². The largest absolute Gasteiger partial charge is 0.424 e. The van der Waals surface area contributed by atoms with E-state index in [4.69, 9.17) is 4.42 Å². The number of nitrogens with one attached hydrogen (secondary N) is 1. The number of aryl methyl sites for hydroxylation is 1. The van der Waals surface area contributed by atoms with Crippen LogP contribution in [0, 0.1) is 6.92 Å². The molecule has 0 aromatic carbocycles. The average Bonchev–Trinajstić information content (AvgIpc) is 2.76. The van der Waals surface area contributed by atoms with Crippen LogP contribution in [0.3, 0.4) is 0 Å². The highest BCUT2D eigenvalue weighted by Gasteiger charge is 2.22. The van der Waals surface area contributed by atoms with E-state index >= 15 is 0 Å². The van der Waals surface area contributed by atoms with Gasteiger partial charge in [-0.05, 0) is 13.5 Å². The molecule has 1 atom stereocenters. The predicted molar refractivity (Wildman–Crippen MR) is 51.8 cm³/mol. The van der Waals surface area contributed by atoms with Gasteiger partial charge in [-0.15, -0.1) is 10.2 Å². The number of likely N-dealkylation sites (tertiary alicyclic amines) is 1. The van der Waals surface area contributed by atoms with Crippen LogP contribution in [-0.2, 0) is 6.54 Å². The van der Waals surface area contributed by atoms with Crippen LogP contribution >= 0.6 is 0 Å². The molecular formula is C9H16N4O. The molecular weight excluding hydrogens is 180 g/mol. The molecule has 78 valence electrons. The van der Waals surface area contributed by atoms with E-state index < -0.39 is 0 Å².